The van der Waals surface area contributed by atoms with E-state index in [4.69, 9.17) is 5.73 Å². The highest BCUT2D eigenvalue weighted by atomic mass is 16.2. The maximum atomic E-state index is 12.7. The van der Waals surface area contributed by atoms with Gasteiger partial charge in [-0.15, -0.1) is 0 Å². The Balaban J connectivity index is 1.03. The number of nitrogens with one attached hydrogen (secondary N) is 4. The summed E-state index contributed by atoms with van der Waals surface area (Å²) in [4.78, 5) is 37.6. The first kappa shape index (κ1) is 29.1. The Morgan fingerprint density at radius 3 is 2.39 bits per heavy atom. The summed E-state index contributed by atoms with van der Waals surface area (Å²) in [5.74, 6) is 0.837. The Hall–Kier alpha value is -3.44. The van der Waals surface area contributed by atoms with Crippen molar-refractivity contribution >= 4 is 29.4 Å². The molecule has 2 aliphatic heterocycles. The highest BCUT2D eigenvalue weighted by molar-refractivity contribution is 6.01. The van der Waals surface area contributed by atoms with Gasteiger partial charge in [-0.3, -0.25) is 9.59 Å². The van der Waals surface area contributed by atoms with E-state index < -0.39 is 5.92 Å². The maximum Gasteiger partial charge on any atom is 0.235 e. The molecule has 1 atom stereocenters. The SMILES string of the molecule is Nc1cc(N2CCN(C(=O)C3CCNC3=O)CC2)nc(NCc2ccc(CNCCCNC3CCCCC3)cc2)n1. The van der Waals surface area contributed by atoms with Gasteiger partial charge in [-0.25, -0.2) is 0 Å². The number of nitrogens with zero attached hydrogens (tertiary/aromatic N) is 4. The Morgan fingerprint density at radius 2 is 1.68 bits per heavy atom. The lowest BCUT2D eigenvalue weighted by Crippen LogP contribution is -2.51. The van der Waals surface area contributed by atoms with Gasteiger partial charge in [0.1, 0.15) is 17.6 Å². The summed E-state index contributed by atoms with van der Waals surface area (Å²) >= 11 is 0. The van der Waals surface area contributed by atoms with Crippen LogP contribution in [0.2, 0.25) is 0 Å². The van der Waals surface area contributed by atoms with Crippen molar-refractivity contribution in [1.82, 2.24) is 30.8 Å². The molecule has 0 radical (unpaired) electrons. The predicted octanol–water partition coefficient (Wildman–Crippen LogP) is 1.86. The van der Waals surface area contributed by atoms with Crippen molar-refractivity contribution < 1.29 is 9.59 Å². The lowest BCUT2D eigenvalue weighted by atomic mass is 9.95. The number of hydrogen-bond acceptors (Lipinski definition) is 9. The molecular formula is C30H45N9O2. The number of anilines is 3. The molecular weight excluding hydrogens is 518 g/mol. The summed E-state index contributed by atoms with van der Waals surface area (Å²) < 4.78 is 0. The Labute approximate surface area is 243 Å². The summed E-state index contributed by atoms with van der Waals surface area (Å²) in [7, 11) is 0. The molecule has 5 rings (SSSR count). The molecule has 2 amide bonds. The van der Waals surface area contributed by atoms with Gasteiger partial charge < -0.3 is 36.8 Å². The molecule has 0 bridgehead atoms. The van der Waals surface area contributed by atoms with E-state index in [-0.39, 0.29) is 11.8 Å². The third kappa shape index (κ3) is 8.29. The molecule has 11 nitrogen and oxygen atoms in total. The van der Waals surface area contributed by atoms with Gasteiger partial charge >= 0.3 is 0 Å². The van der Waals surface area contributed by atoms with Crippen molar-refractivity contribution in [3.8, 4) is 0 Å². The van der Waals surface area contributed by atoms with E-state index in [0.717, 1.165) is 43.5 Å². The molecule has 2 saturated heterocycles. The van der Waals surface area contributed by atoms with Crippen LogP contribution in [0.15, 0.2) is 30.3 Å². The molecule has 2 aromatic rings. The molecule has 0 spiro atoms. The van der Waals surface area contributed by atoms with E-state index in [1.54, 1.807) is 11.0 Å². The van der Waals surface area contributed by atoms with E-state index in [9.17, 15) is 9.59 Å². The lowest BCUT2D eigenvalue weighted by Gasteiger charge is -2.36. The summed E-state index contributed by atoms with van der Waals surface area (Å²) in [6.07, 6.45) is 8.55. The first-order valence-electron chi connectivity index (χ1n) is 15.3. The summed E-state index contributed by atoms with van der Waals surface area (Å²) in [5, 5.41) is 13.3. The third-order valence-electron chi connectivity index (χ3n) is 8.37. The Morgan fingerprint density at radius 1 is 0.951 bits per heavy atom. The van der Waals surface area contributed by atoms with Crippen LogP contribution in [0.3, 0.4) is 0 Å². The van der Waals surface area contributed by atoms with Crippen LogP contribution >= 0.6 is 0 Å². The van der Waals surface area contributed by atoms with E-state index in [0.29, 0.717) is 57.5 Å². The van der Waals surface area contributed by atoms with Crippen molar-refractivity contribution in [3.05, 3.63) is 41.5 Å². The Bertz CT molecular complexity index is 1150. The zero-order valence-electron chi connectivity index (χ0n) is 24.0. The number of carbonyl (C=O) groups is 2. The van der Waals surface area contributed by atoms with Crippen LogP contribution in [-0.4, -0.2) is 78.5 Å². The molecule has 222 valence electrons. The van der Waals surface area contributed by atoms with E-state index >= 15 is 0 Å². The minimum Gasteiger partial charge on any atom is -0.383 e. The minimum absolute atomic E-state index is 0.0758. The van der Waals surface area contributed by atoms with Crippen molar-refractivity contribution in [2.75, 3.05) is 61.8 Å². The maximum absolute atomic E-state index is 12.7. The van der Waals surface area contributed by atoms with Gasteiger partial charge in [-0.1, -0.05) is 43.5 Å². The van der Waals surface area contributed by atoms with Gasteiger partial charge in [-0.2, -0.15) is 9.97 Å². The second-order valence-electron chi connectivity index (χ2n) is 11.4. The molecule has 1 aliphatic carbocycles. The molecule has 1 aromatic heterocycles. The largest absolute Gasteiger partial charge is 0.383 e. The van der Waals surface area contributed by atoms with Gasteiger partial charge in [-0.05, 0) is 49.9 Å². The molecule has 41 heavy (non-hydrogen) atoms. The molecule has 1 unspecified atom stereocenters. The van der Waals surface area contributed by atoms with Crippen LogP contribution in [0.4, 0.5) is 17.6 Å². The number of amides is 2. The zero-order valence-corrected chi connectivity index (χ0v) is 24.0. The quantitative estimate of drug-likeness (QED) is 0.193. The molecule has 6 N–H and O–H groups in total. The number of hydrogen-bond donors (Lipinski definition) is 5. The predicted molar refractivity (Wildman–Crippen MR) is 161 cm³/mol. The molecule has 11 heteroatoms. The van der Waals surface area contributed by atoms with Gasteiger partial charge in [0.2, 0.25) is 17.8 Å². The Kier molecular flexibility index (Phi) is 10.2. The molecule has 3 aliphatic rings. The average Bonchev–Trinajstić information content (AvgIpc) is 3.44. The second-order valence-corrected chi connectivity index (χ2v) is 11.4. The first-order chi connectivity index (χ1) is 20.0. The highest BCUT2D eigenvalue weighted by Gasteiger charge is 2.35. The fourth-order valence-electron chi connectivity index (χ4n) is 5.91. The molecule has 3 fully saturated rings. The van der Waals surface area contributed by atoms with Crippen LogP contribution in [0.25, 0.3) is 0 Å². The number of aromatic nitrogens is 2. The molecule has 1 saturated carbocycles. The van der Waals surface area contributed by atoms with E-state index in [2.05, 4.69) is 60.4 Å². The summed E-state index contributed by atoms with van der Waals surface area (Å²) in [5.41, 5.74) is 8.51. The topological polar surface area (TPSA) is 141 Å². The third-order valence-corrected chi connectivity index (χ3v) is 8.37. The molecule has 3 heterocycles. The second kappa shape index (κ2) is 14.5. The number of benzene rings is 1. The monoisotopic (exact) mass is 563 g/mol. The van der Waals surface area contributed by atoms with Gasteiger partial charge in [0, 0.05) is 57.9 Å². The van der Waals surface area contributed by atoms with Gasteiger partial charge in [0.15, 0.2) is 0 Å². The fourth-order valence-corrected chi connectivity index (χ4v) is 5.91. The first-order valence-corrected chi connectivity index (χ1v) is 15.3. The zero-order chi connectivity index (χ0) is 28.4. The fraction of sp³-hybridized carbons (Fsp3) is 0.600. The highest BCUT2D eigenvalue weighted by Crippen LogP contribution is 2.21. The minimum atomic E-state index is -0.546. The standard InChI is InChI=1S/C30H45N9O2/c31-26-19-27(38-15-17-39(18-16-38)29(41)25-11-14-34-28(25)40)37-30(36-26)35-21-23-9-7-22(8-10-23)20-32-12-4-13-33-24-5-2-1-3-6-24/h7-10,19,24-25,32-33H,1-6,11-18,20-21H2,(H,34,40)(H3,31,35,36,37). The van der Waals surface area contributed by atoms with Gasteiger partial charge in [0.25, 0.3) is 0 Å². The van der Waals surface area contributed by atoms with E-state index in [1.165, 1.54) is 37.7 Å². The van der Waals surface area contributed by atoms with Crippen LogP contribution in [0.1, 0.15) is 56.1 Å². The van der Waals surface area contributed by atoms with Gasteiger partial charge in [0.05, 0.1) is 0 Å². The lowest BCUT2D eigenvalue weighted by molar-refractivity contribution is -0.140. The number of carbonyl (C=O) groups excluding carboxylic acids is 2. The average molecular weight is 564 g/mol. The van der Waals surface area contributed by atoms with Crippen molar-refractivity contribution in [2.45, 2.75) is 64.1 Å². The van der Waals surface area contributed by atoms with Crippen LogP contribution in [-0.2, 0) is 22.7 Å². The van der Waals surface area contributed by atoms with Crippen LogP contribution < -0.4 is 31.9 Å². The number of piperazine rings is 1. The number of rotatable bonds is 12. The van der Waals surface area contributed by atoms with Crippen molar-refractivity contribution in [2.24, 2.45) is 5.92 Å². The summed E-state index contributed by atoms with van der Waals surface area (Å²) in [6, 6.07) is 11.1. The van der Waals surface area contributed by atoms with Crippen LogP contribution in [0, 0.1) is 5.92 Å². The molecule has 1 aromatic carbocycles. The smallest absolute Gasteiger partial charge is 0.235 e. The van der Waals surface area contributed by atoms with Crippen molar-refractivity contribution in [3.63, 3.8) is 0 Å². The number of nitrogen functional groups attached to an aromatic ring is 1. The number of nitrogens with two attached hydrogens (primary N) is 1. The van der Waals surface area contributed by atoms with Crippen molar-refractivity contribution in [1.29, 1.82) is 0 Å². The van der Waals surface area contributed by atoms with Crippen LogP contribution in [0.5, 0.6) is 0 Å². The normalized spacial score (nSPS) is 19.8. The summed E-state index contributed by atoms with van der Waals surface area (Å²) in [6.45, 7) is 6.49. The van der Waals surface area contributed by atoms with E-state index in [1.807, 2.05) is 0 Å².